The second-order valence-electron chi connectivity index (χ2n) is 6.22. The number of carbonyl (C=O) groups is 3. The van der Waals surface area contributed by atoms with Crippen LogP contribution in [0, 0.1) is 0 Å². The minimum atomic E-state index is -0.563. The number of hydrogen-bond donors (Lipinski definition) is 2. The number of benzene rings is 3. The van der Waals surface area contributed by atoms with Gasteiger partial charge in [0.1, 0.15) is 5.75 Å². The van der Waals surface area contributed by atoms with Crippen molar-refractivity contribution in [2.45, 2.75) is 0 Å². The molecule has 3 rings (SSSR count). The number of rotatable bonds is 6. The highest BCUT2D eigenvalue weighted by Crippen LogP contribution is 2.21. The number of nitrogens with one attached hydrogen (secondary N) is 2. The average molecular weight is 404 g/mol. The molecular weight excluding hydrogens is 384 g/mol. The Labute approximate surface area is 173 Å². The summed E-state index contributed by atoms with van der Waals surface area (Å²) in [7, 11) is 2.81. The third-order valence-corrected chi connectivity index (χ3v) is 4.35. The van der Waals surface area contributed by atoms with Gasteiger partial charge < -0.3 is 20.1 Å². The zero-order valence-electron chi connectivity index (χ0n) is 16.5. The summed E-state index contributed by atoms with van der Waals surface area (Å²) in [5.74, 6) is -0.771. The molecule has 0 saturated carbocycles. The molecule has 0 aliphatic carbocycles. The van der Waals surface area contributed by atoms with Gasteiger partial charge in [-0.3, -0.25) is 9.59 Å². The van der Waals surface area contributed by atoms with E-state index in [1.54, 1.807) is 79.9 Å². The quantitative estimate of drug-likeness (QED) is 0.606. The van der Waals surface area contributed by atoms with Crippen molar-refractivity contribution < 1.29 is 23.9 Å². The molecule has 0 heterocycles. The second kappa shape index (κ2) is 9.38. The van der Waals surface area contributed by atoms with Gasteiger partial charge in [0.05, 0.1) is 36.7 Å². The first-order valence-corrected chi connectivity index (χ1v) is 9.06. The van der Waals surface area contributed by atoms with Gasteiger partial charge in [0.15, 0.2) is 0 Å². The van der Waals surface area contributed by atoms with Crippen LogP contribution in [0.4, 0.5) is 11.4 Å². The summed E-state index contributed by atoms with van der Waals surface area (Å²) in [5.41, 5.74) is 1.55. The van der Waals surface area contributed by atoms with Gasteiger partial charge in [-0.1, -0.05) is 24.3 Å². The Hall–Kier alpha value is -4.13. The van der Waals surface area contributed by atoms with E-state index in [2.05, 4.69) is 10.6 Å². The number of hydrogen-bond acceptors (Lipinski definition) is 5. The molecule has 0 unspecified atom stereocenters. The molecule has 2 N–H and O–H groups in total. The number of ether oxygens (including phenoxy) is 2. The normalized spacial score (nSPS) is 10.1. The maximum atomic E-state index is 12.9. The molecule has 0 fully saturated rings. The Morgan fingerprint density at radius 1 is 0.667 bits per heavy atom. The van der Waals surface area contributed by atoms with Crippen LogP contribution in [0.25, 0.3) is 0 Å². The van der Waals surface area contributed by atoms with Crippen molar-refractivity contribution in [2.75, 3.05) is 24.9 Å². The monoisotopic (exact) mass is 404 g/mol. The van der Waals surface area contributed by atoms with E-state index < -0.39 is 11.9 Å². The van der Waals surface area contributed by atoms with Gasteiger partial charge in [0.25, 0.3) is 11.8 Å². The lowest BCUT2D eigenvalue weighted by atomic mass is 10.1. The number of methoxy groups -OCH3 is 2. The standard InChI is InChI=1S/C23H20N2O5/c1-29-16-13-11-15(12-14-16)21(26)24-19-9-5-3-7-17(19)22(27)25-20-10-6-4-8-18(20)23(28)30-2/h3-14H,1-2H3,(H,24,26)(H,25,27). The smallest absolute Gasteiger partial charge is 0.339 e. The van der Waals surface area contributed by atoms with Gasteiger partial charge in [-0.2, -0.15) is 0 Å². The van der Waals surface area contributed by atoms with Gasteiger partial charge in [-0.15, -0.1) is 0 Å². The fourth-order valence-corrected chi connectivity index (χ4v) is 2.80. The molecule has 0 aromatic heterocycles. The van der Waals surface area contributed by atoms with Crippen LogP contribution < -0.4 is 15.4 Å². The van der Waals surface area contributed by atoms with Crippen LogP contribution in [0.1, 0.15) is 31.1 Å². The van der Waals surface area contributed by atoms with Gasteiger partial charge in [-0.05, 0) is 48.5 Å². The zero-order chi connectivity index (χ0) is 21.5. The van der Waals surface area contributed by atoms with Crippen LogP contribution >= 0.6 is 0 Å². The molecular formula is C23H20N2O5. The molecule has 3 aromatic rings. The molecule has 7 heteroatoms. The van der Waals surface area contributed by atoms with E-state index in [9.17, 15) is 14.4 Å². The fourth-order valence-electron chi connectivity index (χ4n) is 2.80. The maximum absolute atomic E-state index is 12.9. The van der Waals surface area contributed by atoms with E-state index in [1.807, 2.05) is 0 Å². The second-order valence-corrected chi connectivity index (χ2v) is 6.22. The first-order chi connectivity index (χ1) is 14.5. The molecule has 0 bridgehead atoms. The van der Waals surface area contributed by atoms with E-state index in [1.165, 1.54) is 7.11 Å². The number of esters is 1. The predicted octanol–water partition coefficient (Wildman–Crippen LogP) is 3.99. The van der Waals surface area contributed by atoms with Crippen molar-refractivity contribution in [2.24, 2.45) is 0 Å². The number of para-hydroxylation sites is 2. The first kappa shape index (κ1) is 20.6. The number of anilines is 2. The van der Waals surface area contributed by atoms with Crippen molar-refractivity contribution in [1.29, 1.82) is 0 Å². The van der Waals surface area contributed by atoms with Crippen molar-refractivity contribution in [3.05, 3.63) is 89.5 Å². The van der Waals surface area contributed by atoms with E-state index in [0.29, 0.717) is 22.7 Å². The summed E-state index contributed by atoms with van der Waals surface area (Å²) in [4.78, 5) is 37.4. The minimum Gasteiger partial charge on any atom is -0.497 e. The highest BCUT2D eigenvalue weighted by Gasteiger charge is 2.17. The SMILES string of the molecule is COC(=O)c1ccccc1NC(=O)c1ccccc1NC(=O)c1ccc(OC)cc1. The summed E-state index contributed by atoms with van der Waals surface area (Å²) in [6.45, 7) is 0. The lowest BCUT2D eigenvalue weighted by Gasteiger charge is -2.13. The zero-order valence-corrected chi connectivity index (χ0v) is 16.5. The van der Waals surface area contributed by atoms with Crippen molar-refractivity contribution >= 4 is 29.2 Å². The molecule has 0 atom stereocenters. The maximum Gasteiger partial charge on any atom is 0.339 e. The molecule has 152 valence electrons. The molecule has 0 radical (unpaired) electrons. The Morgan fingerprint density at radius 2 is 1.20 bits per heavy atom. The van der Waals surface area contributed by atoms with E-state index in [-0.39, 0.29) is 17.0 Å². The molecule has 2 amide bonds. The van der Waals surface area contributed by atoms with Crippen molar-refractivity contribution in [3.8, 4) is 5.75 Å². The van der Waals surface area contributed by atoms with E-state index in [4.69, 9.17) is 9.47 Å². The summed E-state index contributed by atoms with van der Waals surface area (Å²) in [6.07, 6.45) is 0. The summed E-state index contributed by atoms with van der Waals surface area (Å²) >= 11 is 0. The van der Waals surface area contributed by atoms with Crippen LogP contribution in [0.15, 0.2) is 72.8 Å². The molecule has 0 spiro atoms. The predicted molar refractivity (Wildman–Crippen MR) is 113 cm³/mol. The fraction of sp³-hybridized carbons (Fsp3) is 0.0870. The van der Waals surface area contributed by atoms with Gasteiger partial charge in [0, 0.05) is 5.56 Å². The molecule has 7 nitrogen and oxygen atoms in total. The van der Waals surface area contributed by atoms with Crippen LogP contribution in [-0.2, 0) is 4.74 Å². The van der Waals surface area contributed by atoms with Gasteiger partial charge in [-0.25, -0.2) is 4.79 Å². The van der Waals surface area contributed by atoms with Crippen LogP contribution in [0.2, 0.25) is 0 Å². The number of carbonyl (C=O) groups excluding carboxylic acids is 3. The average Bonchev–Trinajstić information content (AvgIpc) is 2.79. The van der Waals surface area contributed by atoms with Crippen LogP contribution in [0.5, 0.6) is 5.75 Å². The minimum absolute atomic E-state index is 0.230. The van der Waals surface area contributed by atoms with E-state index in [0.717, 1.165) is 0 Å². The highest BCUT2D eigenvalue weighted by atomic mass is 16.5. The first-order valence-electron chi connectivity index (χ1n) is 9.06. The Morgan fingerprint density at radius 3 is 1.80 bits per heavy atom. The van der Waals surface area contributed by atoms with Crippen molar-refractivity contribution in [1.82, 2.24) is 0 Å². The van der Waals surface area contributed by atoms with Gasteiger partial charge >= 0.3 is 5.97 Å². The Bertz CT molecular complexity index is 1080. The highest BCUT2D eigenvalue weighted by molar-refractivity contribution is 6.13. The lowest BCUT2D eigenvalue weighted by Crippen LogP contribution is -2.19. The number of amides is 2. The third-order valence-electron chi connectivity index (χ3n) is 4.35. The molecule has 0 aliphatic heterocycles. The third kappa shape index (κ3) is 4.64. The molecule has 30 heavy (non-hydrogen) atoms. The molecule has 3 aromatic carbocycles. The van der Waals surface area contributed by atoms with Crippen LogP contribution in [-0.4, -0.2) is 32.0 Å². The van der Waals surface area contributed by atoms with Crippen molar-refractivity contribution in [3.63, 3.8) is 0 Å². The summed E-state index contributed by atoms with van der Waals surface area (Å²) in [5, 5.41) is 5.45. The van der Waals surface area contributed by atoms with E-state index >= 15 is 0 Å². The summed E-state index contributed by atoms with van der Waals surface area (Å²) < 4.78 is 9.84. The Kier molecular flexibility index (Phi) is 6.44. The summed E-state index contributed by atoms with van der Waals surface area (Å²) in [6, 6.07) is 19.7. The Balaban J connectivity index is 1.82. The van der Waals surface area contributed by atoms with Gasteiger partial charge in [0.2, 0.25) is 0 Å². The largest absolute Gasteiger partial charge is 0.497 e. The van der Waals surface area contributed by atoms with Crippen LogP contribution in [0.3, 0.4) is 0 Å². The molecule has 0 aliphatic rings. The topological polar surface area (TPSA) is 93.7 Å². The lowest BCUT2D eigenvalue weighted by molar-refractivity contribution is 0.0601. The molecule has 0 saturated heterocycles.